The minimum Gasteiger partial charge on any atom is -0.357 e. The van der Waals surface area contributed by atoms with Gasteiger partial charge >= 0.3 is 0 Å². The van der Waals surface area contributed by atoms with Gasteiger partial charge in [0.15, 0.2) is 5.96 Å². The third kappa shape index (κ3) is 8.40. The fraction of sp³-hybridized carbons (Fsp3) is 0.438. The van der Waals surface area contributed by atoms with Gasteiger partial charge in [0.1, 0.15) is 5.82 Å². The Morgan fingerprint density at radius 1 is 1.43 bits per heavy atom. The summed E-state index contributed by atoms with van der Waals surface area (Å²) in [6.45, 7) is 8.06. The highest BCUT2D eigenvalue weighted by Gasteiger charge is 1.98. The number of nitrogens with zero attached hydrogens (tertiary/aromatic N) is 1. The van der Waals surface area contributed by atoms with E-state index in [0.29, 0.717) is 0 Å². The zero-order chi connectivity index (χ0) is 15.3. The highest BCUT2D eigenvalue weighted by atomic mass is 32.2. The van der Waals surface area contributed by atoms with Gasteiger partial charge in [-0.15, -0.1) is 6.58 Å². The lowest BCUT2D eigenvalue weighted by Crippen LogP contribution is -2.38. The van der Waals surface area contributed by atoms with Gasteiger partial charge in [0.25, 0.3) is 0 Å². The molecule has 0 spiro atoms. The van der Waals surface area contributed by atoms with Crippen LogP contribution in [0.2, 0.25) is 0 Å². The van der Waals surface area contributed by atoms with Gasteiger partial charge in [-0.05, 0) is 31.0 Å². The van der Waals surface area contributed by atoms with E-state index >= 15 is 0 Å². The first-order chi connectivity index (χ1) is 10.3. The summed E-state index contributed by atoms with van der Waals surface area (Å²) in [6, 6.07) is 6.70. The van der Waals surface area contributed by atoms with E-state index in [0.717, 1.165) is 49.1 Å². The Bertz CT molecular complexity index is 449. The number of thioether (sulfide) groups is 1. The largest absolute Gasteiger partial charge is 0.357 e. The maximum Gasteiger partial charge on any atom is 0.191 e. The first-order valence-electron chi connectivity index (χ1n) is 7.21. The van der Waals surface area contributed by atoms with Gasteiger partial charge in [-0.25, -0.2) is 4.39 Å². The molecule has 2 N–H and O–H groups in total. The van der Waals surface area contributed by atoms with Crippen LogP contribution in [-0.4, -0.2) is 37.1 Å². The van der Waals surface area contributed by atoms with Crippen LogP contribution in [0, 0.1) is 5.82 Å². The van der Waals surface area contributed by atoms with Gasteiger partial charge in [0.05, 0.1) is 6.54 Å². The van der Waals surface area contributed by atoms with Crippen LogP contribution >= 0.6 is 11.8 Å². The standard InChI is InChI=1S/C16H24FN3S/c1-3-11-21-12-10-20-16(18-4-2)19-9-8-14-6-5-7-15(17)13-14/h3,5-7,13H,1,4,8-12H2,2H3,(H2,18,19,20). The van der Waals surface area contributed by atoms with Crippen molar-refractivity contribution in [2.75, 3.05) is 31.1 Å². The lowest BCUT2D eigenvalue weighted by atomic mass is 10.1. The Morgan fingerprint density at radius 2 is 2.29 bits per heavy atom. The van der Waals surface area contributed by atoms with Crippen molar-refractivity contribution in [1.82, 2.24) is 10.6 Å². The normalized spacial score (nSPS) is 11.2. The molecule has 3 nitrogen and oxygen atoms in total. The number of halogens is 1. The number of aliphatic imine (C=N–C) groups is 1. The van der Waals surface area contributed by atoms with Crippen LogP contribution in [0.25, 0.3) is 0 Å². The van der Waals surface area contributed by atoms with Crippen molar-refractivity contribution in [1.29, 1.82) is 0 Å². The molecule has 0 fully saturated rings. The fourth-order valence-corrected chi connectivity index (χ4v) is 2.30. The molecule has 0 aliphatic rings. The second kappa shape index (κ2) is 11.2. The number of benzene rings is 1. The lowest BCUT2D eigenvalue weighted by Gasteiger charge is -2.11. The SMILES string of the molecule is C=CCSCCN=C(NCC)NCCc1cccc(F)c1. The summed E-state index contributed by atoms with van der Waals surface area (Å²) in [5.74, 6) is 2.56. The maximum atomic E-state index is 13.1. The first-order valence-corrected chi connectivity index (χ1v) is 8.37. The van der Waals surface area contributed by atoms with Crippen molar-refractivity contribution < 1.29 is 4.39 Å². The molecule has 0 atom stereocenters. The summed E-state index contributed by atoms with van der Waals surface area (Å²) < 4.78 is 13.1. The monoisotopic (exact) mass is 309 g/mol. The smallest absolute Gasteiger partial charge is 0.191 e. The van der Waals surface area contributed by atoms with E-state index < -0.39 is 0 Å². The molecular weight excluding hydrogens is 285 g/mol. The Labute approximate surface area is 131 Å². The Kier molecular flexibility index (Phi) is 9.37. The second-order valence-electron chi connectivity index (χ2n) is 4.43. The molecule has 0 heterocycles. The van der Waals surface area contributed by atoms with E-state index in [1.807, 2.05) is 30.8 Å². The van der Waals surface area contributed by atoms with Gasteiger partial charge in [-0.2, -0.15) is 11.8 Å². The van der Waals surface area contributed by atoms with Crippen molar-refractivity contribution in [3.63, 3.8) is 0 Å². The van der Waals surface area contributed by atoms with E-state index in [9.17, 15) is 4.39 Å². The van der Waals surface area contributed by atoms with Gasteiger partial charge in [0.2, 0.25) is 0 Å². The highest BCUT2D eigenvalue weighted by molar-refractivity contribution is 7.99. The third-order valence-corrected chi connectivity index (χ3v) is 3.62. The van der Waals surface area contributed by atoms with Crippen LogP contribution in [0.3, 0.4) is 0 Å². The Hall–Kier alpha value is -1.49. The molecule has 0 aromatic heterocycles. The zero-order valence-corrected chi connectivity index (χ0v) is 13.4. The van der Waals surface area contributed by atoms with Crippen molar-refractivity contribution >= 4 is 17.7 Å². The van der Waals surface area contributed by atoms with Crippen LogP contribution in [0.15, 0.2) is 41.9 Å². The van der Waals surface area contributed by atoms with Gasteiger partial charge in [0, 0.05) is 24.6 Å². The number of hydrogen-bond acceptors (Lipinski definition) is 2. The number of rotatable bonds is 9. The average molecular weight is 309 g/mol. The summed E-state index contributed by atoms with van der Waals surface area (Å²) >= 11 is 1.81. The van der Waals surface area contributed by atoms with E-state index in [2.05, 4.69) is 22.2 Å². The summed E-state index contributed by atoms with van der Waals surface area (Å²) in [4.78, 5) is 4.50. The van der Waals surface area contributed by atoms with Crippen molar-refractivity contribution in [3.05, 3.63) is 48.3 Å². The van der Waals surface area contributed by atoms with Crippen molar-refractivity contribution in [2.45, 2.75) is 13.3 Å². The van der Waals surface area contributed by atoms with E-state index in [-0.39, 0.29) is 5.82 Å². The van der Waals surface area contributed by atoms with Crippen molar-refractivity contribution in [3.8, 4) is 0 Å². The molecule has 0 bridgehead atoms. The molecule has 1 rings (SSSR count). The predicted octanol–water partition coefficient (Wildman–Crippen LogP) is 2.84. The molecule has 21 heavy (non-hydrogen) atoms. The minimum absolute atomic E-state index is 0.188. The first kappa shape index (κ1) is 17.6. The molecule has 0 aliphatic carbocycles. The number of guanidine groups is 1. The Balaban J connectivity index is 2.32. The quantitative estimate of drug-likeness (QED) is 0.319. The van der Waals surface area contributed by atoms with Crippen LogP contribution in [0.5, 0.6) is 0 Å². The zero-order valence-electron chi connectivity index (χ0n) is 12.6. The number of hydrogen-bond donors (Lipinski definition) is 2. The molecule has 0 aliphatic heterocycles. The third-order valence-electron chi connectivity index (χ3n) is 2.68. The van der Waals surface area contributed by atoms with E-state index in [1.54, 1.807) is 12.1 Å². The lowest BCUT2D eigenvalue weighted by molar-refractivity contribution is 0.625. The summed E-state index contributed by atoms with van der Waals surface area (Å²) in [7, 11) is 0. The average Bonchev–Trinajstić information content (AvgIpc) is 2.47. The predicted molar refractivity (Wildman–Crippen MR) is 91.6 cm³/mol. The van der Waals surface area contributed by atoms with Crippen LogP contribution in [-0.2, 0) is 6.42 Å². The van der Waals surface area contributed by atoms with E-state index in [4.69, 9.17) is 0 Å². The molecule has 1 aromatic carbocycles. The molecule has 0 unspecified atom stereocenters. The highest BCUT2D eigenvalue weighted by Crippen LogP contribution is 2.03. The molecule has 0 saturated carbocycles. The summed E-state index contributed by atoms with van der Waals surface area (Å²) in [6.07, 6.45) is 2.67. The molecule has 0 radical (unpaired) electrons. The maximum absolute atomic E-state index is 13.1. The Morgan fingerprint density at radius 3 is 3.00 bits per heavy atom. The summed E-state index contributed by atoms with van der Waals surface area (Å²) in [5.41, 5.74) is 0.986. The van der Waals surface area contributed by atoms with Crippen LogP contribution < -0.4 is 10.6 Å². The number of nitrogens with one attached hydrogen (secondary N) is 2. The van der Waals surface area contributed by atoms with Gasteiger partial charge in [-0.3, -0.25) is 4.99 Å². The molecule has 5 heteroatoms. The van der Waals surface area contributed by atoms with E-state index in [1.165, 1.54) is 6.07 Å². The van der Waals surface area contributed by atoms with Crippen LogP contribution in [0.4, 0.5) is 4.39 Å². The topological polar surface area (TPSA) is 36.4 Å². The van der Waals surface area contributed by atoms with Crippen molar-refractivity contribution in [2.24, 2.45) is 4.99 Å². The second-order valence-corrected chi connectivity index (χ2v) is 5.58. The van der Waals surface area contributed by atoms with Crippen LogP contribution in [0.1, 0.15) is 12.5 Å². The molecule has 0 saturated heterocycles. The molecule has 0 amide bonds. The van der Waals surface area contributed by atoms with Gasteiger partial charge < -0.3 is 10.6 Å². The molecule has 1 aromatic rings. The minimum atomic E-state index is -0.188. The molecule has 116 valence electrons. The fourth-order valence-electron chi connectivity index (χ4n) is 1.75. The molecular formula is C16H24FN3S. The summed E-state index contributed by atoms with van der Waals surface area (Å²) in [5, 5.41) is 6.47. The van der Waals surface area contributed by atoms with Gasteiger partial charge in [-0.1, -0.05) is 18.2 Å².